The normalized spacial score (nSPS) is 22.7. The number of fused-ring (bicyclic) bond motifs is 1. The van der Waals surface area contributed by atoms with Crippen molar-refractivity contribution < 1.29 is 9.52 Å². The number of benzene rings is 1. The van der Waals surface area contributed by atoms with Crippen LogP contribution in [0, 0.1) is 0 Å². The van der Waals surface area contributed by atoms with Crippen molar-refractivity contribution in [3.8, 4) is 0 Å². The smallest absolute Gasteiger partial charge is 0.197 e. The van der Waals surface area contributed by atoms with E-state index in [-0.39, 0.29) is 12.0 Å². The van der Waals surface area contributed by atoms with E-state index in [0.717, 1.165) is 26.1 Å². The molecule has 0 spiro atoms. The number of nitrogens with zero attached hydrogens (tertiary/aromatic N) is 2. The Morgan fingerprint density at radius 2 is 2.00 bits per heavy atom. The van der Waals surface area contributed by atoms with Gasteiger partial charge in [0.05, 0.1) is 11.6 Å². The standard InChI is InChI=1S/C22H29ClN2O3/c23-17-6-7-21-20(12-17)22(27)16(15-28-21)13-24-9-10-25(19(14-24)8-11-26)18-4-2-1-3-5-18/h6-7,12,15,18-19,26H,1-5,8-11,13-14H2/t19-/m0/s1. The lowest BCUT2D eigenvalue weighted by molar-refractivity contribution is 0.0134. The minimum Gasteiger partial charge on any atom is -0.464 e. The Hall–Kier alpha value is -1.40. The highest BCUT2D eigenvalue weighted by Gasteiger charge is 2.32. The maximum absolute atomic E-state index is 12.9. The summed E-state index contributed by atoms with van der Waals surface area (Å²) in [6.45, 7) is 3.60. The van der Waals surface area contributed by atoms with Crippen LogP contribution in [-0.4, -0.2) is 53.2 Å². The van der Waals surface area contributed by atoms with Gasteiger partial charge in [0.15, 0.2) is 5.43 Å². The zero-order chi connectivity index (χ0) is 19.5. The highest BCUT2D eigenvalue weighted by atomic mass is 35.5. The number of hydrogen-bond donors (Lipinski definition) is 1. The van der Waals surface area contributed by atoms with E-state index in [0.29, 0.717) is 40.2 Å². The third-order valence-electron chi connectivity index (χ3n) is 6.32. The summed E-state index contributed by atoms with van der Waals surface area (Å²) in [4.78, 5) is 17.8. The van der Waals surface area contributed by atoms with E-state index in [1.165, 1.54) is 32.1 Å². The van der Waals surface area contributed by atoms with E-state index >= 15 is 0 Å². The highest BCUT2D eigenvalue weighted by Crippen LogP contribution is 2.27. The molecule has 0 unspecified atom stereocenters. The van der Waals surface area contributed by atoms with Crippen molar-refractivity contribution in [2.75, 3.05) is 26.2 Å². The molecule has 1 N–H and O–H groups in total. The average Bonchev–Trinajstić information content (AvgIpc) is 2.72. The molecular weight excluding hydrogens is 376 g/mol. The van der Waals surface area contributed by atoms with Crippen LogP contribution in [0.2, 0.25) is 5.02 Å². The Kier molecular flexibility index (Phi) is 6.36. The van der Waals surface area contributed by atoms with Crippen LogP contribution in [0.25, 0.3) is 11.0 Å². The highest BCUT2D eigenvalue weighted by molar-refractivity contribution is 6.31. The number of rotatable bonds is 5. The molecule has 28 heavy (non-hydrogen) atoms. The van der Waals surface area contributed by atoms with Gasteiger partial charge in [0.25, 0.3) is 0 Å². The predicted octanol–water partition coefficient (Wildman–Crippen LogP) is 3.65. The molecule has 2 aromatic rings. The summed E-state index contributed by atoms with van der Waals surface area (Å²) in [6, 6.07) is 6.16. The van der Waals surface area contributed by atoms with Crippen LogP contribution < -0.4 is 5.43 Å². The van der Waals surface area contributed by atoms with Crippen LogP contribution in [-0.2, 0) is 6.54 Å². The van der Waals surface area contributed by atoms with Gasteiger partial charge in [0, 0.05) is 55.5 Å². The van der Waals surface area contributed by atoms with Gasteiger partial charge in [-0.25, -0.2) is 0 Å². The number of hydrogen-bond acceptors (Lipinski definition) is 5. The second-order valence-electron chi connectivity index (χ2n) is 8.16. The third kappa shape index (κ3) is 4.28. The van der Waals surface area contributed by atoms with Gasteiger partial charge >= 0.3 is 0 Å². The zero-order valence-electron chi connectivity index (χ0n) is 16.3. The van der Waals surface area contributed by atoms with Gasteiger partial charge < -0.3 is 9.52 Å². The molecule has 1 saturated heterocycles. The average molecular weight is 405 g/mol. The number of halogens is 1. The lowest BCUT2D eigenvalue weighted by Crippen LogP contribution is -2.57. The zero-order valence-corrected chi connectivity index (χ0v) is 17.0. The molecule has 1 aliphatic heterocycles. The molecule has 2 fully saturated rings. The van der Waals surface area contributed by atoms with Crippen LogP contribution in [0.4, 0.5) is 0 Å². The van der Waals surface area contributed by atoms with Gasteiger partial charge in [-0.2, -0.15) is 0 Å². The summed E-state index contributed by atoms with van der Waals surface area (Å²) in [6.07, 6.45) is 8.91. The van der Waals surface area contributed by atoms with Crippen LogP contribution in [0.3, 0.4) is 0 Å². The molecule has 152 valence electrons. The molecule has 1 aliphatic carbocycles. The Morgan fingerprint density at radius 3 is 2.79 bits per heavy atom. The maximum atomic E-state index is 12.9. The van der Waals surface area contributed by atoms with Gasteiger partial charge in [-0.1, -0.05) is 30.9 Å². The molecule has 0 radical (unpaired) electrons. The van der Waals surface area contributed by atoms with Gasteiger partial charge in [-0.05, 0) is 37.5 Å². The van der Waals surface area contributed by atoms with Crippen molar-refractivity contribution in [1.82, 2.24) is 9.80 Å². The Balaban J connectivity index is 1.49. The first kappa shape index (κ1) is 19.9. The third-order valence-corrected chi connectivity index (χ3v) is 6.55. The van der Waals surface area contributed by atoms with E-state index in [2.05, 4.69) is 9.80 Å². The number of aliphatic hydroxyl groups is 1. The van der Waals surface area contributed by atoms with Gasteiger partial charge in [-0.15, -0.1) is 0 Å². The topological polar surface area (TPSA) is 56.9 Å². The Bertz CT molecular complexity index is 862. The van der Waals surface area contributed by atoms with Gasteiger partial charge in [-0.3, -0.25) is 14.6 Å². The summed E-state index contributed by atoms with van der Waals surface area (Å²) in [5.74, 6) is 0. The summed E-state index contributed by atoms with van der Waals surface area (Å²) in [5.41, 5.74) is 1.24. The van der Waals surface area contributed by atoms with Gasteiger partial charge in [0.1, 0.15) is 5.58 Å². The van der Waals surface area contributed by atoms with Crippen LogP contribution >= 0.6 is 11.6 Å². The SMILES string of the molecule is O=c1c(CN2CCN(C3CCCCC3)[C@@H](CCO)C2)coc2ccc(Cl)cc12. The molecule has 5 nitrogen and oxygen atoms in total. The lowest BCUT2D eigenvalue weighted by atomic mass is 9.91. The van der Waals surface area contributed by atoms with E-state index in [1.54, 1.807) is 24.5 Å². The molecule has 2 heterocycles. The van der Waals surface area contributed by atoms with E-state index in [4.69, 9.17) is 16.0 Å². The molecule has 1 saturated carbocycles. The quantitative estimate of drug-likeness (QED) is 0.824. The first-order valence-corrected chi connectivity index (χ1v) is 10.8. The monoisotopic (exact) mass is 404 g/mol. The van der Waals surface area contributed by atoms with E-state index in [1.807, 2.05) is 0 Å². The second-order valence-corrected chi connectivity index (χ2v) is 8.60. The molecule has 1 atom stereocenters. The van der Waals surface area contributed by atoms with Crippen molar-refractivity contribution in [2.24, 2.45) is 0 Å². The number of piperazine rings is 1. The molecule has 1 aromatic carbocycles. The summed E-state index contributed by atoms with van der Waals surface area (Å²) in [7, 11) is 0. The summed E-state index contributed by atoms with van der Waals surface area (Å²) >= 11 is 6.06. The predicted molar refractivity (Wildman–Crippen MR) is 112 cm³/mol. The molecule has 1 aromatic heterocycles. The van der Waals surface area contributed by atoms with Crippen molar-refractivity contribution in [2.45, 2.75) is 57.2 Å². The Morgan fingerprint density at radius 1 is 1.18 bits per heavy atom. The van der Waals surface area contributed by atoms with Crippen molar-refractivity contribution >= 4 is 22.6 Å². The molecular formula is C22H29ClN2O3. The summed E-state index contributed by atoms with van der Waals surface area (Å²) in [5, 5.41) is 10.7. The van der Waals surface area contributed by atoms with Crippen LogP contribution in [0.5, 0.6) is 0 Å². The van der Waals surface area contributed by atoms with Crippen LogP contribution in [0.15, 0.2) is 33.7 Å². The van der Waals surface area contributed by atoms with Crippen molar-refractivity contribution in [3.63, 3.8) is 0 Å². The fraction of sp³-hybridized carbons (Fsp3) is 0.591. The first-order valence-electron chi connectivity index (χ1n) is 10.4. The Labute approximate surface area is 170 Å². The first-order chi connectivity index (χ1) is 13.7. The fourth-order valence-electron chi connectivity index (χ4n) is 4.87. The minimum absolute atomic E-state index is 0.00262. The molecule has 4 rings (SSSR count). The number of aliphatic hydroxyl groups excluding tert-OH is 1. The van der Waals surface area contributed by atoms with Gasteiger partial charge in [0.2, 0.25) is 0 Å². The van der Waals surface area contributed by atoms with Crippen LogP contribution in [0.1, 0.15) is 44.1 Å². The lowest BCUT2D eigenvalue weighted by Gasteiger charge is -2.46. The second kappa shape index (κ2) is 8.95. The summed E-state index contributed by atoms with van der Waals surface area (Å²) < 4.78 is 5.68. The minimum atomic E-state index is -0.00262. The van der Waals surface area contributed by atoms with E-state index < -0.39 is 0 Å². The maximum Gasteiger partial charge on any atom is 0.197 e. The van der Waals surface area contributed by atoms with Crippen molar-refractivity contribution in [1.29, 1.82) is 0 Å². The van der Waals surface area contributed by atoms with E-state index in [9.17, 15) is 9.90 Å². The molecule has 6 heteroatoms. The molecule has 2 aliphatic rings. The molecule has 0 bridgehead atoms. The largest absolute Gasteiger partial charge is 0.464 e. The molecule has 0 amide bonds. The van der Waals surface area contributed by atoms with Crippen molar-refractivity contribution in [3.05, 3.63) is 45.3 Å². The fourth-order valence-corrected chi connectivity index (χ4v) is 5.04.